The molecule has 3 rings (SSSR count). The Hall–Kier alpha value is -3.15. The second kappa shape index (κ2) is 8.03. The van der Waals surface area contributed by atoms with E-state index in [1.807, 2.05) is 18.2 Å². The Morgan fingerprint density at radius 1 is 1.11 bits per heavy atom. The molecule has 0 saturated carbocycles. The molecule has 0 bridgehead atoms. The number of hydrogen-bond acceptors (Lipinski definition) is 4. The van der Waals surface area contributed by atoms with Gasteiger partial charge in [-0.15, -0.1) is 0 Å². The van der Waals surface area contributed by atoms with E-state index in [-0.39, 0.29) is 17.8 Å². The standard InChI is InChI=1S/C21H22N2O4/c1-14(24)22-13-15-8-10-16(11-9-15)20(25)23-12-4-6-17-18(21(26)27-2)5-3-7-19(17)23/h3,5,7-11H,4,6,12-13H2,1-2H3,(H,22,24). The highest BCUT2D eigenvalue weighted by atomic mass is 16.5. The average Bonchev–Trinajstić information content (AvgIpc) is 2.70. The summed E-state index contributed by atoms with van der Waals surface area (Å²) in [4.78, 5) is 37.8. The Kier molecular flexibility index (Phi) is 5.54. The van der Waals surface area contributed by atoms with Crippen molar-refractivity contribution in [2.45, 2.75) is 26.3 Å². The minimum absolute atomic E-state index is 0.0958. The van der Waals surface area contributed by atoms with Gasteiger partial charge >= 0.3 is 5.97 Å². The molecule has 0 saturated heterocycles. The van der Waals surface area contributed by atoms with E-state index in [2.05, 4.69) is 5.32 Å². The highest BCUT2D eigenvalue weighted by Gasteiger charge is 2.27. The van der Waals surface area contributed by atoms with Crippen LogP contribution in [0.1, 0.15) is 45.2 Å². The second-order valence-corrected chi connectivity index (χ2v) is 6.46. The molecule has 2 aromatic carbocycles. The van der Waals surface area contributed by atoms with Gasteiger partial charge in [0.2, 0.25) is 5.91 Å². The summed E-state index contributed by atoms with van der Waals surface area (Å²) in [5.41, 5.74) is 3.62. The third-order valence-electron chi connectivity index (χ3n) is 4.64. The average molecular weight is 366 g/mol. The summed E-state index contributed by atoms with van der Waals surface area (Å²) in [6.45, 7) is 2.50. The lowest BCUT2D eigenvalue weighted by atomic mass is 9.95. The van der Waals surface area contributed by atoms with E-state index in [0.29, 0.717) is 24.2 Å². The van der Waals surface area contributed by atoms with Crippen molar-refractivity contribution in [1.82, 2.24) is 5.32 Å². The van der Waals surface area contributed by atoms with Crippen molar-refractivity contribution >= 4 is 23.5 Å². The zero-order valence-electron chi connectivity index (χ0n) is 15.5. The fourth-order valence-electron chi connectivity index (χ4n) is 3.28. The molecule has 2 aromatic rings. The van der Waals surface area contributed by atoms with Crippen LogP contribution in [-0.2, 0) is 22.5 Å². The highest BCUT2D eigenvalue weighted by Crippen LogP contribution is 2.31. The maximum atomic E-state index is 13.0. The third-order valence-corrected chi connectivity index (χ3v) is 4.64. The summed E-state index contributed by atoms with van der Waals surface area (Å²) >= 11 is 0. The van der Waals surface area contributed by atoms with Crippen molar-refractivity contribution in [3.63, 3.8) is 0 Å². The first-order chi connectivity index (χ1) is 13.0. The van der Waals surface area contributed by atoms with Crippen molar-refractivity contribution in [3.05, 3.63) is 64.7 Å². The Bertz CT molecular complexity index is 874. The van der Waals surface area contributed by atoms with Crippen LogP contribution in [-0.4, -0.2) is 31.4 Å². The smallest absolute Gasteiger partial charge is 0.338 e. The molecule has 1 aliphatic heterocycles. The first kappa shape index (κ1) is 18.6. The fraction of sp³-hybridized carbons (Fsp3) is 0.286. The predicted octanol–water partition coefficient (Wildman–Crippen LogP) is 2.70. The normalized spacial score (nSPS) is 12.9. The van der Waals surface area contributed by atoms with Crippen LogP contribution in [0.5, 0.6) is 0 Å². The number of ether oxygens (including phenoxy) is 1. The molecule has 0 fully saturated rings. The number of methoxy groups -OCH3 is 1. The van der Waals surface area contributed by atoms with Gasteiger partial charge < -0.3 is 15.0 Å². The van der Waals surface area contributed by atoms with Crippen molar-refractivity contribution in [1.29, 1.82) is 0 Å². The quantitative estimate of drug-likeness (QED) is 0.844. The molecule has 1 N–H and O–H groups in total. The number of nitrogens with one attached hydrogen (secondary N) is 1. The van der Waals surface area contributed by atoms with E-state index >= 15 is 0 Å². The van der Waals surface area contributed by atoms with E-state index in [9.17, 15) is 14.4 Å². The molecule has 0 spiro atoms. The molecule has 140 valence electrons. The van der Waals surface area contributed by atoms with Gasteiger partial charge in [0.05, 0.1) is 12.7 Å². The summed E-state index contributed by atoms with van der Waals surface area (Å²) in [6.07, 6.45) is 1.52. The van der Waals surface area contributed by atoms with Gasteiger partial charge in [-0.3, -0.25) is 9.59 Å². The largest absolute Gasteiger partial charge is 0.465 e. The summed E-state index contributed by atoms with van der Waals surface area (Å²) in [7, 11) is 1.36. The SMILES string of the molecule is COC(=O)c1cccc2c1CCCN2C(=O)c1ccc(CNC(C)=O)cc1. The number of anilines is 1. The number of benzene rings is 2. The van der Waals surface area contributed by atoms with Crippen molar-refractivity contribution in [3.8, 4) is 0 Å². The molecule has 2 amide bonds. The number of carbonyl (C=O) groups is 3. The van der Waals surface area contributed by atoms with E-state index in [1.54, 1.807) is 29.2 Å². The van der Waals surface area contributed by atoms with Crippen molar-refractivity contribution < 1.29 is 19.1 Å². The van der Waals surface area contributed by atoms with Gasteiger partial charge in [-0.1, -0.05) is 18.2 Å². The zero-order valence-corrected chi connectivity index (χ0v) is 15.5. The lowest BCUT2D eigenvalue weighted by Gasteiger charge is -2.30. The maximum absolute atomic E-state index is 13.0. The molecule has 0 unspecified atom stereocenters. The molecule has 0 aliphatic carbocycles. The van der Waals surface area contributed by atoms with Gasteiger partial charge in [0.25, 0.3) is 5.91 Å². The van der Waals surface area contributed by atoms with Gasteiger partial charge in [-0.05, 0) is 48.2 Å². The molecule has 0 aromatic heterocycles. The molecule has 0 atom stereocenters. The topological polar surface area (TPSA) is 75.7 Å². The summed E-state index contributed by atoms with van der Waals surface area (Å²) < 4.78 is 4.86. The Morgan fingerprint density at radius 2 is 1.85 bits per heavy atom. The minimum atomic E-state index is -0.386. The third kappa shape index (κ3) is 4.00. The second-order valence-electron chi connectivity index (χ2n) is 6.46. The van der Waals surface area contributed by atoms with Crippen LogP contribution >= 0.6 is 0 Å². The number of carbonyl (C=O) groups excluding carboxylic acids is 3. The highest BCUT2D eigenvalue weighted by molar-refractivity contribution is 6.07. The predicted molar refractivity (Wildman–Crippen MR) is 102 cm³/mol. The molecule has 1 aliphatic rings. The van der Waals surface area contributed by atoms with E-state index in [1.165, 1.54) is 14.0 Å². The zero-order chi connectivity index (χ0) is 19.4. The van der Waals surface area contributed by atoms with Gasteiger partial charge in [0.1, 0.15) is 0 Å². The molecule has 6 heteroatoms. The molecular weight excluding hydrogens is 344 g/mol. The fourth-order valence-corrected chi connectivity index (χ4v) is 3.28. The van der Waals surface area contributed by atoms with Crippen LogP contribution in [0.4, 0.5) is 5.69 Å². The molecule has 27 heavy (non-hydrogen) atoms. The Labute approximate surface area is 158 Å². The van der Waals surface area contributed by atoms with E-state index in [0.717, 1.165) is 29.7 Å². The number of hydrogen-bond donors (Lipinski definition) is 1. The van der Waals surface area contributed by atoms with Crippen LogP contribution in [0.2, 0.25) is 0 Å². The minimum Gasteiger partial charge on any atom is -0.465 e. The first-order valence-electron chi connectivity index (χ1n) is 8.86. The van der Waals surface area contributed by atoms with Crippen LogP contribution in [0, 0.1) is 0 Å². The lowest BCUT2D eigenvalue weighted by molar-refractivity contribution is -0.119. The summed E-state index contributed by atoms with van der Waals surface area (Å²) in [6, 6.07) is 12.6. The van der Waals surface area contributed by atoms with Crippen molar-refractivity contribution in [2.24, 2.45) is 0 Å². The van der Waals surface area contributed by atoms with Crippen LogP contribution in [0.3, 0.4) is 0 Å². The number of amides is 2. The van der Waals surface area contributed by atoms with Gasteiger partial charge in [0, 0.05) is 31.3 Å². The molecule has 0 radical (unpaired) electrons. The number of esters is 1. The maximum Gasteiger partial charge on any atom is 0.338 e. The molecule has 6 nitrogen and oxygen atoms in total. The Balaban J connectivity index is 1.85. The van der Waals surface area contributed by atoms with Crippen LogP contribution < -0.4 is 10.2 Å². The van der Waals surface area contributed by atoms with Crippen LogP contribution in [0.15, 0.2) is 42.5 Å². The van der Waals surface area contributed by atoms with E-state index < -0.39 is 0 Å². The lowest BCUT2D eigenvalue weighted by Crippen LogP contribution is -2.36. The summed E-state index contributed by atoms with van der Waals surface area (Å²) in [5.74, 6) is -0.589. The monoisotopic (exact) mass is 366 g/mol. The van der Waals surface area contributed by atoms with Crippen molar-refractivity contribution in [2.75, 3.05) is 18.6 Å². The number of fused-ring (bicyclic) bond motifs is 1. The first-order valence-corrected chi connectivity index (χ1v) is 8.86. The van der Waals surface area contributed by atoms with Gasteiger partial charge in [0.15, 0.2) is 0 Å². The van der Waals surface area contributed by atoms with Gasteiger partial charge in [-0.2, -0.15) is 0 Å². The van der Waals surface area contributed by atoms with Crippen LogP contribution in [0.25, 0.3) is 0 Å². The van der Waals surface area contributed by atoms with E-state index in [4.69, 9.17) is 4.74 Å². The summed E-state index contributed by atoms with van der Waals surface area (Å²) in [5, 5.41) is 2.73. The number of nitrogens with zero attached hydrogens (tertiary/aromatic N) is 1. The van der Waals surface area contributed by atoms with Gasteiger partial charge in [-0.25, -0.2) is 4.79 Å². The Morgan fingerprint density at radius 3 is 2.52 bits per heavy atom. The number of rotatable bonds is 4. The molecular formula is C21H22N2O4. The molecule has 1 heterocycles.